The minimum absolute atomic E-state index is 0.213. The molecule has 0 aromatic heterocycles. The summed E-state index contributed by atoms with van der Waals surface area (Å²) in [6, 6.07) is 5.75. The van der Waals surface area contributed by atoms with Crippen molar-refractivity contribution in [2.24, 2.45) is 0 Å². The third kappa shape index (κ3) is 5.89. The Kier molecular flexibility index (Phi) is 7.61. The number of hydrogen-bond donors (Lipinski definition) is 1. The van der Waals surface area contributed by atoms with Crippen molar-refractivity contribution < 1.29 is 24.1 Å². The van der Waals surface area contributed by atoms with Crippen LogP contribution in [0.5, 0.6) is 11.5 Å². The van der Waals surface area contributed by atoms with E-state index in [1.54, 1.807) is 19.1 Å². The van der Waals surface area contributed by atoms with Crippen LogP contribution in [0.25, 0.3) is 6.08 Å². The lowest BCUT2D eigenvalue weighted by Gasteiger charge is -2.38. The number of likely N-dealkylation sites (tertiary alicyclic amines) is 1. The molecule has 1 N–H and O–H groups in total. The largest absolute Gasteiger partial charge is 0.497 e. The van der Waals surface area contributed by atoms with Crippen LogP contribution in [0.15, 0.2) is 24.3 Å². The first kappa shape index (κ1) is 22.4. The van der Waals surface area contributed by atoms with Crippen molar-refractivity contribution in [1.29, 1.82) is 0 Å². The molecule has 0 radical (unpaired) electrons. The van der Waals surface area contributed by atoms with E-state index in [0.717, 1.165) is 50.1 Å². The van der Waals surface area contributed by atoms with Crippen LogP contribution in [-0.2, 0) is 4.74 Å². The van der Waals surface area contributed by atoms with Crippen LogP contribution in [0.1, 0.15) is 38.2 Å². The highest BCUT2D eigenvalue weighted by Crippen LogP contribution is 2.32. The smallest absolute Gasteiger partial charge is 0.410 e. The molecule has 1 aromatic rings. The van der Waals surface area contributed by atoms with Crippen molar-refractivity contribution in [3.63, 3.8) is 0 Å². The maximum atomic E-state index is 11.7. The van der Waals surface area contributed by atoms with E-state index in [-0.39, 0.29) is 18.3 Å². The zero-order chi connectivity index (χ0) is 21.6. The Bertz CT molecular complexity index is 743. The Labute approximate surface area is 179 Å². The summed E-state index contributed by atoms with van der Waals surface area (Å²) in [5.74, 6) is 1.42. The number of carbonyl (C=O) groups excluding carboxylic acids is 1. The standard InChI is InChI=1S/C23H34N2O5/c1-4-5-6-7-18-12-20(28-3)14-21(13-18)29-16-19(26)15-25-10-8-23(9-11-25)17-24(2)22(27)30-23/h6-7,12-14,19,26H,4-5,8-11,15-17H2,1-3H3/b7-6+. The molecule has 166 valence electrons. The lowest BCUT2D eigenvalue weighted by molar-refractivity contribution is -0.0144. The number of β-amino-alcohol motifs (C(OH)–C–C–N with tert-alkyl or cyclic N) is 1. The van der Waals surface area contributed by atoms with Gasteiger partial charge in [0.1, 0.15) is 29.8 Å². The predicted molar refractivity (Wildman–Crippen MR) is 116 cm³/mol. The molecular formula is C23H34N2O5. The number of unbranched alkanes of at least 4 members (excludes halogenated alkanes) is 1. The summed E-state index contributed by atoms with van der Waals surface area (Å²) >= 11 is 0. The van der Waals surface area contributed by atoms with Gasteiger partial charge in [0.15, 0.2) is 0 Å². The molecule has 1 atom stereocenters. The Balaban J connectivity index is 1.47. The number of amides is 1. The van der Waals surface area contributed by atoms with Crippen LogP contribution in [0.2, 0.25) is 0 Å². The number of nitrogens with zero attached hydrogens (tertiary/aromatic N) is 2. The first-order chi connectivity index (χ1) is 14.4. The fourth-order valence-electron chi connectivity index (χ4n) is 4.02. The van der Waals surface area contributed by atoms with Gasteiger partial charge in [-0.15, -0.1) is 0 Å². The molecule has 0 aliphatic carbocycles. The predicted octanol–water partition coefficient (Wildman–Crippen LogP) is 3.16. The maximum Gasteiger partial charge on any atom is 0.410 e. The number of hydrogen-bond acceptors (Lipinski definition) is 6. The van der Waals surface area contributed by atoms with Crippen LogP contribution in [0.3, 0.4) is 0 Å². The molecule has 2 saturated heterocycles. The first-order valence-electron chi connectivity index (χ1n) is 10.8. The van der Waals surface area contributed by atoms with E-state index in [9.17, 15) is 9.90 Å². The van der Waals surface area contributed by atoms with E-state index < -0.39 is 6.10 Å². The second-order valence-corrected chi connectivity index (χ2v) is 8.31. The van der Waals surface area contributed by atoms with Crippen molar-refractivity contribution in [3.05, 3.63) is 29.8 Å². The van der Waals surface area contributed by atoms with Gasteiger partial charge in [-0.2, -0.15) is 0 Å². The molecule has 2 aliphatic rings. The van der Waals surface area contributed by atoms with Gasteiger partial charge in [-0.3, -0.25) is 0 Å². The van der Waals surface area contributed by atoms with Gasteiger partial charge >= 0.3 is 6.09 Å². The van der Waals surface area contributed by atoms with Crippen molar-refractivity contribution in [1.82, 2.24) is 9.80 Å². The molecule has 1 amide bonds. The summed E-state index contributed by atoms with van der Waals surface area (Å²) in [5, 5.41) is 10.5. The highest BCUT2D eigenvalue weighted by molar-refractivity contribution is 5.70. The second kappa shape index (κ2) is 10.2. The van der Waals surface area contributed by atoms with Crippen LogP contribution >= 0.6 is 0 Å². The van der Waals surface area contributed by atoms with E-state index in [2.05, 4.69) is 24.0 Å². The molecule has 30 heavy (non-hydrogen) atoms. The highest BCUT2D eigenvalue weighted by Gasteiger charge is 2.45. The molecule has 1 spiro atoms. The first-order valence-corrected chi connectivity index (χ1v) is 10.8. The van der Waals surface area contributed by atoms with Crippen molar-refractivity contribution in [2.45, 2.75) is 44.3 Å². The van der Waals surface area contributed by atoms with E-state index in [0.29, 0.717) is 18.8 Å². The fraction of sp³-hybridized carbons (Fsp3) is 0.609. The van der Waals surface area contributed by atoms with Gasteiger partial charge in [-0.25, -0.2) is 4.79 Å². The van der Waals surface area contributed by atoms with Crippen LogP contribution in [0, 0.1) is 0 Å². The van der Waals surface area contributed by atoms with Gasteiger partial charge in [-0.05, 0) is 24.1 Å². The monoisotopic (exact) mass is 418 g/mol. The summed E-state index contributed by atoms with van der Waals surface area (Å²) < 4.78 is 16.8. The Morgan fingerprint density at radius 2 is 2.00 bits per heavy atom. The number of carbonyl (C=O) groups is 1. The van der Waals surface area contributed by atoms with Crippen molar-refractivity contribution in [3.8, 4) is 11.5 Å². The number of aliphatic hydroxyl groups excluding tert-OH is 1. The van der Waals surface area contributed by atoms with Crippen molar-refractivity contribution >= 4 is 12.2 Å². The van der Waals surface area contributed by atoms with E-state index in [4.69, 9.17) is 14.2 Å². The van der Waals surface area contributed by atoms with E-state index >= 15 is 0 Å². The summed E-state index contributed by atoms with van der Waals surface area (Å²) in [6.07, 6.45) is 7.07. The van der Waals surface area contributed by atoms with Gasteiger partial charge in [0, 0.05) is 45.6 Å². The molecule has 7 nitrogen and oxygen atoms in total. The lowest BCUT2D eigenvalue weighted by atomic mass is 9.91. The third-order valence-corrected chi connectivity index (χ3v) is 5.72. The zero-order valence-corrected chi connectivity index (χ0v) is 18.3. The van der Waals surface area contributed by atoms with E-state index in [1.165, 1.54) is 0 Å². The molecule has 1 aromatic carbocycles. The summed E-state index contributed by atoms with van der Waals surface area (Å²) in [4.78, 5) is 15.5. The summed E-state index contributed by atoms with van der Waals surface area (Å²) in [6.45, 7) is 5.13. The van der Waals surface area contributed by atoms with Crippen LogP contribution in [-0.4, -0.2) is 79.6 Å². The third-order valence-electron chi connectivity index (χ3n) is 5.72. The number of ether oxygens (including phenoxy) is 3. The van der Waals surface area contributed by atoms with Gasteiger partial charge in [0.2, 0.25) is 0 Å². The Morgan fingerprint density at radius 3 is 2.63 bits per heavy atom. The average Bonchev–Trinajstić information content (AvgIpc) is 3.01. The highest BCUT2D eigenvalue weighted by atomic mass is 16.6. The number of aliphatic hydroxyl groups is 1. The van der Waals surface area contributed by atoms with Gasteiger partial charge in [0.25, 0.3) is 0 Å². The Morgan fingerprint density at radius 1 is 1.27 bits per heavy atom. The number of methoxy groups -OCH3 is 1. The van der Waals surface area contributed by atoms with Gasteiger partial charge < -0.3 is 29.1 Å². The second-order valence-electron chi connectivity index (χ2n) is 8.31. The number of benzene rings is 1. The van der Waals surface area contributed by atoms with Crippen LogP contribution in [0.4, 0.5) is 4.79 Å². The molecule has 2 fully saturated rings. The van der Waals surface area contributed by atoms with Gasteiger partial charge in [0.05, 0.1) is 13.7 Å². The molecule has 7 heteroatoms. The topological polar surface area (TPSA) is 71.5 Å². The minimum atomic E-state index is -0.599. The SMILES string of the molecule is CCC/C=C/c1cc(OC)cc(OCC(O)CN2CCC3(CC2)CN(C)C(=O)O3)c1. The minimum Gasteiger partial charge on any atom is -0.497 e. The number of likely N-dealkylation sites (N-methyl/N-ethyl adjacent to an activating group) is 1. The van der Waals surface area contributed by atoms with E-state index in [1.807, 2.05) is 18.2 Å². The summed E-state index contributed by atoms with van der Waals surface area (Å²) in [5.41, 5.74) is 0.663. The molecule has 0 bridgehead atoms. The normalized spacial score (nSPS) is 20.0. The molecule has 3 rings (SSSR count). The lowest BCUT2D eigenvalue weighted by Crippen LogP contribution is -2.49. The maximum absolute atomic E-state index is 11.7. The van der Waals surface area contributed by atoms with Crippen LogP contribution < -0.4 is 9.47 Å². The molecular weight excluding hydrogens is 384 g/mol. The quantitative estimate of drug-likeness (QED) is 0.664. The number of piperidine rings is 1. The van der Waals surface area contributed by atoms with Gasteiger partial charge in [-0.1, -0.05) is 25.5 Å². The zero-order valence-electron chi connectivity index (χ0n) is 18.3. The van der Waals surface area contributed by atoms with Crippen molar-refractivity contribution in [2.75, 3.05) is 46.9 Å². The molecule has 2 aliphatic heterocycles. The summed E-state index contributed by atoms with van der Waals surface area (Å²) in [7, 11) is 3.41. The Hall–Kier alpha value is -2.25. The molecule has 2 heterocycles. The average molecular weight is 419 g/mol. The molecule has 1 unspecified atom stereocenters. The molecule has 0 saturated carbocycles. The number of rotatable bonds is 9. The number of allylic oxidation sites excluding steroid dienone is 1. The fourth-order valence-corrected chi connectivity index (χ4v) is 4.02.